The molecule has 0 unspecified atom stereocenters. The molecule has 1 aliphatic rings. The summed E-state index contributed by atoms with van der Waals surface area (Å²) in [5.41, 5.74) is 8.60. The average Bonchev–Trinajstić information content (AvgIpc) is 2.78. The largest absolute Gasteiger partial charge is 0.382 e. The molecule has 0 spiro atoms. The van der Waals surface area contributed by atoms with Gasteiger partial charge in [-0.2, -0.15) is 0 Å². The Balaban J connectivity index is 1.50. The van der Waals surface area contributed by atoms with Gasteiger partial charge in [0.1, 0.15) is 5.88 Å². The Labute approximate surface area is 185 Å². The first-order chi connectivity index (χ1) is 15.2. The van der Waals surface area contributed by atoms with Crippen LogP contribution < -0.4 is 11.1 Å². The number of nitrogens with zero attached hydrogens (tertiary/aromatic N) is 3. The van der Waals surface area contributed by atoms with E-state index in [-0.39, 0.29) is 28.2 Å². The Morgan fingerprint density at radius 3 is 2.41 bits per heavy atom. The van der Waals surface area contributed by atoms with Crippen molar-refractivity contribution in [3.05, 3.63) is 66.0 Å². The van der Waals surface area contributed by atoms with Gasteiger partial charge in [-0.15, -0.1) is 0 Å². The first kappa shape index (κ1) is 21.4. The molecule has 1 fully saturated rings. The monoisotopic (exact) mass is 451 g/mol. The summed E-state index contributed by atoms with van der Waals surface area (Å²) in [6.45, 7) is 2.41. The van der Waals surface area contributed by atoms with Crippen LogP contribution in [0.3, 0.4) is 0 Å². The fourth-order valence-electron chi connectivity index (χ4n) is 3.14. The van der Waals surface area contributed by atoms with Gasteiger partial charge in [0.15, 0.2) is 21.3 Å². The van der Waals surface area contributed by atoms with Crippen molar-refractivity contribution in [1.82, 2.24) is 14.9 Å². The molecule has 3 N–H and O–H groups in total. The molecule has 1 aliphatic heterocycles. The lowest BCUT2D eigenvalue weighted by Crippen LogP contribution is -2.45. The Kier molecular flexibility index (Phi) is 5.62. The van der Waals surface area contributed by atoms with E-state index in [1.807, 2.05) is 31.2 Å². The van der Waals surface area contributed by atoms with Gasteiger partial charge in [-0.1, -0.05) is 29.8 Å². The zero-order valence-electron chi connectivity index (χ0n) is 17.3. The van der Waals surface area contributed by atoms with E-state index < -0.39 is 15.7 Å². The number of β-lactam (4-membered cyclic amide) rings is 1. The number of carbonyl (C=O) groups is 2. The molecule has 3 aromatic rings. The number of aromatic nitrogens is 2. The van der Waals surface area contributed by atoms with Crippen LogP contribution in [-0.4, -0.2) is 47.5 Å². The first-order valence-electron chi connectivity index (χ1n) is 9.84. The van der Waals surface area contributed by atoms with E-state index in [2.05, 4.69) is 15.3 Å². The highest BCUT2D eigenvalue weighted by Gasteiger charge is 2.29. The van der Waals surface area contributed by atoms with Crippen LogP contribution in [0.5, 0.6) is 0 Å². The maximum absolute atomic E-state index is 12.7. The second kappa shape index (κ2) is 8.39. The highest BCUT2D eigenvalue weighted by atomic mass is 32.2. The Bertz CT molecular complexity index is 1290. The highest BCUT2D eigenvalue weighted by molar-refractivity contribution is 7.91. The van der Waals surface area contributed by atoms with Gasteiger partial charge in [0, 0.05) is 24.2 Å². The number of hydrogen-bond donors (Lipinski definition) is 2. The maximum atomic E-state index is 12.7. The molecular formula is C22H21N5O4S. The van der Waals surface area contributed by atoms with Crippen LogP contribution in [0.15, 0.2) is 59.6 Å². The number of rotatable bonds is 6. The molecule has 1 aromatic heterocycles. The number of anilines is 2. The summed E-state index contributed by atoms with van der Waals surface area (Å²) in [7, 11) is -3.65. The van der Waals surface area contributed by atoms with Crippen LogP contribution in [-0.2, 0) is 14.6 Å². The molecular weight excluding hydrogens is 430 g/mol. The van der Waals surface area contributed by atoms with Crippen molar-refractivity contribution < 1.29 is 18.0 Å². The molecule has 0 saturated carbocycles. The second-order valence-electron chi connectivity index (χ2n) is 7.48. The van der Waals surface area contributed by atoms with Gasteiger partial charge in [-0.25, -0.2) is 18.4 Å². The number of likely N-dealkylation sites (tertiary alicyclic amines) is 1. The lowest BCUT2D eigenvalue weighted by molar-refractivity contribution is -0.138. The van der Waals surface area contributed by atoms with E-state index in [0.29, 0.717) is 24.3 Å². The molecule has 10 heteroatoms. The number of hydrogen-bond acceptors (Lipinski definition) is 7. The predicted molar refractivity (Wildman–Crippen MR) is 119 cm³/mol. The van der Waals surface area contributed by atoms with Gasteiger partial charge in [-0.05, 0) is 31.2 Å². The number of benzene rings is 2. The molecule has 0 bridgehead atoms. The third-order valence-corrected chi connectivity index (χ3v) is 6.75. The summed E-state index contributed by atoms with van der Waals surface area (Å²) < 4.78 is 24.9. The van der Waals surface area contributed by atoms with Crippen LogP contribution in [0.4, 0.5) is 11.5 Å². The second-order valence-corrected chi connectivity index (χ2v) is 9.44. The van der Waals surface area contributed by atoms with Crippen LogP contribution in [0.1, 0.15) is 22.5 Å². The van der Waals surface area contributed by atoms with E-state index in [1.165, 1.54) is 35.4 Å². The number of amides is 2. The van der Waals surface area contributed by atoms with E-state index in [4.69, 9.17) is 5.73 Å². The van der Waals surface area contributed by atoms with Crippen molar-refractivity contribution in [3.63, 3.8) is 0 Å². The van der Waals surface area contributed by atoms with Crippen molar-refractivity contribution in [2.24, 2.45) is 0 Å². The smallest absolute Gasteiger partial charge is 0.278 e. The normalized spacial score (nSPS) is 13.5. The van der Waals surface area contributed by atoms with Crippen molar-refractivity contribution in [1.29, 1.82) is 0 Å². The van der Waals surface area contributed by atoms with Gasteiger partial charge in [-0.3, -0.25) is 9.59 Å². The number of sulfone groups is 1. The van der Waals surface area contributed by atoms with E-state index in [1.54, 1.807) is 0 Å². The number of nitrogens with two attached hydrogens (primary N) is 1. The molecule has 164 valence electrons. The summed E-state index contributed by atoms with van der Waals surface area (Å²) in [6, 6.07) is 13.3. The van der Waals surface area contributed by atoms with Crippen molar-refractivity contribution >= 4 is 33.2 Å². The number of nitrogens with one attached hydrogen (secondary N) is 1. The van der Waals surface area contributed by atoms with E-state index in [9.17, 15) is 18.0 Å². The Morgan fingerprint density at radius 2 is 1.81 bits per heavy atom. The van der Waals surface area contributed by atoms with Crippen molar-refractivity contribution in [3.8, 4) is 11.3 Å². The number of nitrogen functional groups attached to an aromatic ring is 1. The molecule has 2 aromatic carbocycles. The molecule has 32 heavy (non-hydrogen) atoms. The fraction of sp³-hybridized carbons (Fsp3) is 0.182. The average molecular weight is 452 g/mol. The Morgan fingerprint density at radius 1 is 1.12 bits per heavy atom. The van der Waals surface area contributed by atoms with E-state index in [0.717, 1.165) is 11.1 Å². The first-order valence-corrected chi connectivity index (χ1v) is 11.5. The topological polar surface area (TPSA) is 135 Å². The van der Waals surface area contributed by atoms with Crippen LogP contribution in [0.25, 0.3) is 11.3 Å². The molecule has 0 atom stereocenters. The SMILES string of the molecule is Cc1ccc(-c2cnc(N)c(C(=O)Nc3ccc(S(=O)(=O)CN4CCC4=O)cc3)n2)cc1. The summed E-state index contributed by atoms with van der Waals surface area (Å²) >= 11 is 0. The van der Waals surface area contributed by atoms with Gasteiger partial charge in [0.2, 0.25) is 5.91 Å². The minimum atomic E-state index is -3.65. The van der Waals surface area contributed by atoms with Gasteiger partial charge >= 0.3 is 0 Å². The van der Waals surface area contributed by atoms with Gasteiger partial charge in [0.05, 0.1) is 16.8 Å². The Hall–Kier alpha value is -3.79. The molecule has 1 saturated heterocycles. The summed E-state index contributed by atoms with van der Waals surface area (Å²) in [5.74, 6) is -1.11. The number of aryl methyl sites for hydroxylation is 1. The fourth-order valence-corrected chi connectivity index (χ4v) is 4.53. The maximum Gasteiger partial charge on any atom is 0.278 e. The summed E-state index contributed by atoms with van der Waals surface area (Å²) in [5, 5.41) is 2.65. The van der Waals surface area contributed by atoms with Crippen molar-refractivity contribution in [2.45, 2.75) is 18.2 Å². The van der Waals surface area contributed by atoms with Crippen LogP contribution in [0.2, 0.25) is 0 Å². The van der Waals surface area contributed by atoms with Crippen LogP contribution >= 0.6 is 0 Å². The minimum absolute atomic E-state index is 0.0169. The van der Waals surface area contributed by atoms with Crippen molar-refractivity contribution in [2.75, 3.05) is 23.5 Å². The molecule has 0 aliphatic carbocycles. The minimum Gasteiger partial charge on any atom is -0.382 e. The van der Waals surface area contributed by atoms with E-state index >= 15 is 0 Å². The van der Waals surface area contributed by atoms with Gasteiger partial charge in [0.25, 0.3) is 5.91 Å². The summed E-state index contributed by atoms with van der Waals surface area (Å²) in [6.07, 6.45) is 1.87. The molecule has 0 radical (unpaired) electrons. The van der Waals surface area contributed by atoms with Gasteiger partial charge < -0.3 is 16.0 Å². The zero-order valence-corrected chi connectivity index (χ0v) is 18.1. The lowest BCUT2D eigenvalue weighted by Gasteiger charge is -2.30. The predicted octanol–water partition coefficient (Wildman–Crippen LogP) is 2.25. The highest BCUT2D eigenvalue weighted by Crippen LogP contribution is 2.22. The third-order valence-electron chi connectivity index (χ3n) is 5.11. The molecule has 4 rings (SSSR count). The number of carbonyl (C=O) groups excluding carboxylic acids is 2. The molecule has 9 nitrogen and oxygen atoms in total. The molecule has 2 heterocycles. The summed E-state index contributed by atoms with van der Waals surface area (Å²) in [4.78, 5) is 33.9. The molecule has 2 amide bonds. The zero-order chi connectivity index (χ0) is 22.9. The lowest BCUT2D eigenvalue weighted by atomic mass is 10.1. The quantitative estimate of drug-likeness (QED) is 0.549. The van der Waals surface area contributed by atoms with Crippen LogP contribution in [0, 0.1) is 6.92 Å². The standard InChI is InChI=1S/C22H21N5O4S/c1-14-2-4-15(5-3-14)18-12-24-21(23)20(26-18)22(29)25-16-6-8-17(9-7-16)32(30,31)13-27-11-10-19(27)28/h2-9,12H,10-11,13H2,1H3,(H2,23,24)(H,25,29). The third kappa shape index (κ3) is 4.45.